The van der Waals surface area contributed by atoms with Crippen molar-refractivity contribution in [2.24, 2.45) is 0 Å². The number of alkyl carbamates (subject to hydrolysis) is 1. The highest BCUT2D eigenvalue weighted by atomic mass is 16.6. The molecular weight excluding hydrogens is 396 g/mol. The molecule has 0 saturated carbocycles. The number of anilines is 1. The maximum absolute atomic E-state index is 13.1. The fourth-order valence-electron chi connectivity index (χ4n) is 2.76. The third kappa shape index (κ3) is 8.12. The van der Waals surface area contributed by atoms with Gasteiger partial charge in [0.25, 0.3) is 0 Å². The van der Waals surface area contributed by atoms with Crippen LogP contribution in [0.1, 0.15) is 38.8 Å². The molecule has 0 saturated heterocycles. The second-order valence-corrected chi connectivity index (χ2v) is 8.27. The number of carbonyl (C=O) groups is 3. The van der Waals surface area contributed by atoms with Gasteiger partial charge in [0.15, 0.2) is 0 Å². The highest BCUT2D eigenvalue weighted by Crippen LogP contribution is 2.18. The monoisotopic (exact) mass is 426 g/mol. The lowest BCUT2D eigenvalue weighted by Gasteiger charge is -2.27. The zero-order valence-electron chi connectivity index (χ0n) is 18.7. The lowest BCUT2D eigenvalue weighted by atomic mass is 10.2. The van der Waals surface area contributed by atoms with Gasteiger partial charge < -0.3 is 14.8 Å². The summed E-state index contributed by atoms with van der Waals surface area (Å²) in [5.74, 6) is -0.994. The maximum Gasteiger partial charge on any atom is 0.408 e. The van der Waals surface area contributed by atoms with E-state index in [4.69, 9.17) is 9.47 Å². The molecule has 7 heteroatoms. The number of nitrogens with one attached hydrogen (secondary N) is 1. The van der Waals surface area contributed by atoms with E-state index in [1.807, 2.05) is 49.4 Å². The molecule has 0 aliphatic heterocycles. The smallest absolute Gasteiger partial charge is 0.408 e. The van der Waals surface area contributed by atoms with Crippen molar-refractivity contribution < 1.29 is 23.9 Å². The zero-order valence-corrected chi connectivity index (χ0v) is 18.7. The Bertz CT molecular complexity index is 888. The summed E-state index contributed by atoms with van der Waals surface area (Å²) in [6, 6.07) is 15.5. The average Bonchev–Trinajstić information content (AvgIpc) is 2.70. The van der Waals surface area contributed by atoms with Crippen LogP contribution in [0.2, 0.25) is 0 Å². The number of ether oxygens (including phenoxy) is 2. The van der Waals surface area contributed by atoms with Crippen LogP contribution in [0.25, 0.3) is 0 Å². The van der Waals surface area contributed by atoms with Crippen LogP contribution in [-0.4, -0.2) is 36.2 Å². The first-order valence-electron chi connectivity index (χ1n) is 10.1. The molecule has 7 nitrogen and oxygen atoms in total. The lowest BCUT2D eigenvalue weighted by molar-refractivity contribution is -0.153. The Morgan fingerprint density at radius 1 is 1.00 bits per heavy atom. The summed E-state index contributed by atoms with van der Waals surface area (Å²) < 4.78 is 10.6. The lowest BCUT2D eigenvalue weighted by Crippen LogP contribution is -2.49. The van der Waals surface area contributed by atoms with Gasteiger partial charge in [-0.3, -0.25) is 14.5 Å². The van der Waals surface area contributed by atoms with Crippen LogP contribution in [0.15, 0.2) is 54.6 Å². The molecule has 1 N–H and O–H groups in total. The van der Waals surface area contributed by atoms with Crippen molar-refractivity contribution >= 4 is 23.7 Å². The van der Waals surface area contributed by atoms with Gasteiger partial charge >= 0.3 is 12.1 Å². The minimum atomic E-state index is -0.910. The number of esters is 1. The predicted molar refractivity (Wildman–Crippen MR) is 119 cm³/mol. The van der Waals surface area contributed by atoms with Gasteiger partial charge in [0.05, 0.1) is 0 Å². The first-order chi connectivity index (χ1) is 14.5. The van der Waals surface area contributed by atoms with Crippen LogP contribution in [0.5, 0.6) is 0 Å². The fraction of sp³-hybridized carbons (Fsp3) is 0.375. The number of carbonyl (C=O) groups excluding carboxylic acids is 3. The van der Waals surface area contributed by atoms with Crippen molar-refractivity contribution in [1.82, 2.24) is 5.32 Å². The van der Waals surface area contributed by atoms with E-state index in [2.05, 4.69) is 5.32 Å². The van der Waals surface area contributed by atoms with E-state index in [1.54, 1.807) is 39.8 Å². The quantitative estimate of drug-likeness (QED) is 0.677. The Morgan fingerprint density at radius 2 is 1.61 bits per heavy atom. The molecule has 2 aromatic rings. The first kappa shape index (κ1) is 23.9. The highest BCUT2D eigenvalue weighted by molar-refractivity contribution is 6.01. The minimum absolute atomic E-state index is 0.0904. The zero-order chi connectivity index (χ0) is 23.0. The Hall–Kier alpha value is -3.35. The number of rotatable bonds is 7. The van der Waals surface area contributed by atoms with Gasteiger partial charge in [-0.1, -0.05) is 48.0 Å². The summed E-state index contributed by atoms with van der Waals surface area (Å²) in [6.45, 7) is 8.57. The molecule has 2 rings (SSSR count). The average molecular weight is 427 g/mol. The number of benzene rings is 2. The largest absolute Gasteiger partial charge is 0.459 e. The van der Waals surface area contributed by atoms with Gasteiger partial charge in [0.1, 0.15) is 24.8 Å². The third-order valence-electron chi connectivity index (χ3n) is 4.24. The summed E-state index contributed by atoms with van der Waals surface area (Å²) in [6.07, 6.45) is -0.717. The van der Waals surface area contributed by atoms with Gasteiger partial charge in [-0.05, 0) is 52.3 Å². The van der Waals surface area contributed by atoms with E-state index in [0.29, 0.717) is 5.69 Å². The Balaban J connectivity index is 2.06. The molecule has 31 heavy (non-hydrogen) atoms. The first-order valence-corrected chi connectivity index (χ1v) is 10.1. The van der Waals surface area contributed by atoms with E-state index in [9.17, 15) is 14.4 Å². The second kappa shape index (κ2) is 10.6. The summed E-state index contributed by atoms with van der Waals surface area (Å²) in [5, 5.41) is 2.53. The van der Waals surface area contributed by atoms with E-state index < -0.39 is 29.6 Å². The van der Waals surface area contributed by atoms with Gasteiger partial charge in [0, 0.05) is 5.69 Å². The number of hydrogen-bond acceptors (Lipinski definition) is 5. The summed E-state index contributed by atoms with van der Waals surface area (Å²) in [7, 11) is 0. The van der Waals surface area contributed by atoms with Gasteiger partial charge in [0.2, 0.25) is 5.91 Å². The molecule has 0 aliphatic rings. The molecule has 1 atom stereocenters. The molecule has 0 fully saturated rings. The number of hydrogen-bond donors (Lipinski definition) is 1. The molecular formula is C24H30N2O5. The molecule has 2 amide bonds. The predicted octanol–water partition coefficient (Wildman–Crippen LogP) is 3.98. The maximum atomic E-state index is 13.1. The van der Waals surface area contributed by atoms with Crippen LogP contribution < -0.4 is 10.2 Å². The van der Waals surface area contributed by atoms with E-state index >= 15 is 0 Å². The SMILES string of the molecule is Cc1ccc(N(CC(=O)OC(C)(C)C)C(=O)[C@H](C)NC(=O)OCc2ccccc2)cc1. The molecule has 0 bridgehead atoms. The topological polar surface area (TPSA) is 84.9 Å². The van der Waals surface area contributed by atoms with Gasteiger partial charge in [-0.2, -0.15) is 0 Å². The minimum Gasteiger partial charge on any atom is -0.459 e. The van der Waals surface area contributed by atoms with E-state index in [-0.39, 0.29) is 13.2 Å². The number of nitrogens with zero attached hydrogens (tertiary/aromatic N) is 1. The summed E-state index contributed by atoms with van der Waals surface area (Å²) in [5.41, 5.74) is 1.71. The second-order valence-electron chi connectivity index (χ2n) is 8.27. The van der Waals surface area contributed by atoms with Crippen molar-refractivity contribution in [3.8, 4) is 0 Å². The molecule has 0 unspecified atom stereocenters. The highest BCUT2D eigenvalue weighted by Gasteiger charge is 2.28. The summed E-state index contributed by atoms with van der Waals surface area (Å²) in [4.78, 5) is 38.9. The third-order valence-corrected chi connectivity index (χ3v) is 4.24. The van der Waals surface area contributed by atoms with Gasteiger partial charge in [-0.25, -0.2) is 4.79 Å². The van der Waals surface area contributed by atoms with E-state index in [1.165, 1.54) is 4.90 Å². The Morgan fingerprint density at radius 3 is 2.19 bits per heavy atom. The molecule has 0 aromatic heterocycles. The molecule has 166 valence electrons. The van der Waals surface area contributed by atoms with Crippen molar-refractivity contribution in [1.29, 1.82) is 0 Å². The molecule has 2 aromatic carbocycles. The summed E-state index contributed by atoms with van der Waals surface area (Å²) >= 11 is 0. The van der Waals surface area contributed by atoms with Crippen LogP contribution in [0, 0.1) is 6.92 Å². The number of aryl methyl sites for hydroxylation is 1. The van der Waals surface area contributed by atoms with Crippen LogP contribution >= 0.6 is 0 Å². The molecule has 0 heterocycles. The van der Waals surface area contributed by atoms with Crippen molar-refractivity contribution in [2.75, 3.05) is 11.4 Å². The van der Waals surface area contributed by atoms with Crippen molar-refractivity contribution in [2.45, 2.75) is 52.9 Å². The van der Waals surface area contributed by atoms with Crippen molar-refractivity contribution in [3.63, 3.8) is 0 Å². The molecule has 0 radical (unpaired) electrons. The molecule has 0 spiro atoms. The van der Waals surface area contributed by atoms with Crippen LogP contribution in [0.4, 0.5) is 10.5 Å². The van der Waals surface area contributed by atoms with E-state index in [0.717, 1.165) is 11.1 Å². The van der Waals surface area contributed by atoms with Crippen LogP contribution in [0.3, 0.4) is 0 Å². The molecule has 0 aliphatic carbocycles. The van der Waals surface area contributed by atoms with Gasteiger partial charge in [-0.15, -0.1) is 0 Å². The number of amides is 2. The normalized spacial score (nSPS) is 11.9. The van der Waals surface area contributed by atoms with Crippen molar-refractivity contribution in [3.05, 3.63) is 65.7 Å². The Kier molecular flexibility index (Phi) is 8.19. The standard InChI is InChI=1S/C24H30N2O5/c1-17-11-13-20(14-12-17)26(15-21(27)31-24(3,4)5)22(28)18(2)25-23(29)30-16-19-9-7-6-8-10-19/h6-14,18H,15-16H2,1-5H3,(H,25,29)/t18-/m0/s1. The Labute approximate surface area is 183 Å². The van der Waals surface area contributed by atoms with Crippen LogP contribution in [-0.2, 0) is 25.7 Å². The fourth-order valence-corrected chi connectivity index (χ4v) is 2.76.